The van der Waals surface area contributed by atoms with Crippen LogP contribution in [0.1, 0.15) is 38.3 Å². The highest BCUT2D eigenvalue weighted by Crippen LogP contribution is 2.17. The van der Waals surface area contributed by atoms with E-state index < -0.39 is 0 Å². The molecule has 0 bridgehead atoms. The number of pyridine rings is 1. The first-order valence-corrected chi connectivity index (χ1v) is 11.4. The minimum Gasteiger partial charge on any atom is -0.489 e. The number of ether oxygens (including phenoxy) is 1. The second-order valence-corrected chi connectivity index (χ2v) is 8.37. The lowest BCUT2D eigenvalue weighted by atomic mass is 10.1. The smallest absolute Gasteiger partial charge is 0.251 e. The first kappa shape index (κ1) is 27.1. The lowest BCUT2D eigenvalue weighted by Gasteiger charge is -2.10. The zero-order chi connectivity index (χ0) is 25.6. The molecule has 1 aromatic heterocycles. The molecule has 3 rings (SSSR count). The van der Waals surface area contributed by atoms with E-state index in [2.05, 4.69) is 28.8 Å². The van der Waals surface area contributed by atoms with E-state index in [4.69, 9.17) is 4.74 Å². The molecule has 2 N–H and O–H groups in total. The molecule has 2 amide bonds. The molecule has 1 heterocycles. The van der Waals surface area contributed by atoms with Crippen molar-refractivity contribution >= 4 is 29.1 Å². The summed E-state index contributed by atoms with van der Waals surface area (Å²) in [6, 6.07) is 22.8. The highest BCUT2D eigenvalue weighted by Gasteiger charge is 2.06. The van der Waals surface area contributed by atoms with Gasteiger partial charge in [-0.3, -0.25) is 9.59 Å². The molecule has 0 aliphatic heterocycles. The molecule has 0 saturated heterocycles. The molecule has 0 saturated carbocycles. The number of amides is 2. The fourth-order valence-corrected chi connectivity index (χ4v) is 2.80. The summed E-state index contributed by atoms with van der Waals surface area (Å²) in [4.78, 5) is 26.7. The molecule has 182 valence electrons. The van der Waals surface area contributed by atoms with E-state index in [1.165, 1.54) is 0 Å². The van der Waals surface area contributed by atoms with E-state index in [0.29, 0.717) is 36.1 Å². The Balaban J connectivity index is 0.000000303. The highest BCUT2D eigenvalue weighted by atomic mass is 16.5. The lowest BCUT2D eigenvalue weighted by molar-refractivity contribution is -0.117. The van der Waals surface area contributed by atoms with Gasteiger partial charge >= 0.3 is 0 Å². The number of hydrogen-bond acceptors (Lipinski definition) is 4. The van der Waals surface area contributed by atoms with Crippen molar-refractivity contribution in [3.8, 4) is 0 Å². The van der Waals surface area contributed by atoms with Gasteiger partial charge in [-0.25, -0.2) is 4.98 Å². The molecule has 0 aliphatic rings. The van der Waals surface area contributed by atoms with Crippen LogP contribution in [0.3, 0.4) is 0 Å². The van der Waals surface area contributed by atoms with E-state index in [9.17, 15) is 9.59 Å². The Morgan fingerprint density at radius 3 is 2.14 bits per heavy atom. The molecule has 3 aromatic rings. The zero-order valence-electron chi connectivity index (χ0n) is 20.6. The molecule has 0 unspecified atom stereocenters. The number of hydrogen-bond donors (Lipinski definition) is 2. The first-order chi connectivity index (χ1) is 16.7. The number of benzene rings is 2. The quantitative estimate of drug-likeness (QED) is 0.277. The zero-order valence-corrected chi connectivity index (χ0v) is 20.6. The number of carbonyl (C=O) groups excluding carboxylic acids is 2. The third-order valence-electron chi connectivity index (χ3n) is 4.63. The van der Waals surface area contributed by atoms with Crippen LogP contribution in [0.2, 0.25) is 0 Å². The monoisotopic (exact) mass is 471 g/mol. The minimum atomic E-state index is -0.200. The molecule has 6 nitrogen and oxygen atoms in total. The van der Waals surface area contributed by atoms with E-state index in [0.717, 1.165) is 16.8 Å². The van der Waals surface area contributed by atoms with Crippen LogP contribution < -0.4 is 10.6 Å². The number of nitrogens with zero attached hydrogens (tertiary/aromatic N) is 1. The van der Waals surface area contributed by atoms with Gasteiger partial charge in [-0.2, -0.15) is 0 Å². The van der Waals surface area contributed by atoms with E-state index in [1.54, 1.807) is 31.3 Å². The van der Waals surface area contributed by atoms with Gasteiger partial charge in [0.1, 0.15) is 18.2 Å². The van der Waals surface area contributed by atoms with Crippen LogP contribution in [0.25, 0.3) is 5.76 Å². The van der Waals surface area contributed by atoms with Crippen LogP contribution in [0.5, 0.6) is 0 Å². The second kappa shape index (κ2) is 14.2. The van der Waals surface area contributed by atoms with Crippen molar-refractivity contribution in [1.82, 2.24) is 4.98 Å². The average Bonchev–Trinajstić information content (AvgIpc) is 2.84. The maximum absolute atomic E-state index is 11.7. The van der Waals surface area contributed by atoms with Gasteiger partial charge in [-0.15, -0.1) is 0 Å². The molecule has 0 spiro atoms. The summed E-state index contributed by atoms with van der Waals surface area (Å²) in [6.07, 6.45) is 2.15. The Labute approximate surface area is 207 Å². The van der Waals surface area contributed by atoms with Gasteiger partial charge in [-0.05, 0) is 42.7 Å². The second-order valence-electron chi connectivity index (χ2n) is 8.37. The average molecular weight is 472 g/mol. The Hall–Kier alpha value is -4.19. The van der Waals surface area contributed by atoms with Crippen molar-refractivity contribution in [2.24, 2.45) is 5.92 Å². The van der Waals surface area contributed by atoms with E-state index in [-0.39, 0.29) is 11.8 Å². The SMILES string of the molecule is C=C(C)C(=O)Nc1ccccn1.C=C(OCc1ccc(NC(=O)CC(C)C)cc1)c1ccccc1. The molecule has 0 aliphatic carbocycles. The van der Waals surface area contributed by atoms with Gasteiger partial charge in [0, 0.05) is 29.4 Å². The van der Waals surface area contributed by atoms with E-state index >= 15 is 0 Å². The molecule has 6 heteroatoms. The highest BCUT2D eigenvalue weighted by molar-refractivity contribution is 6.02. The van der Waals surface area contributed by atoms with Crippen LogP contribution in [-0.2, 0) is 20.9 Å². The van der Waals surface area contributed by atoms with E-state index in [1.807, 2.05) is 68.4 Å². The lowest BCUT2D eigenvalue weighted by Crippen LogP contribution is -2.13. The summed E-state index contributed by atoms with van der Waals surface area (Å²) < 4.78 is 5.71. The van der Waals surface area contributed by atoms with Gasteiger partial charge < -0.3 is 15.4 Å². The summed E-state index contributed by atoms with van der Waals surface area (Å²) >= 11 is 0. The van der Waals surface area contributed by atoms with Crippen molar-refractivity contribution in [3.63, 3.8) is 0 Å². The fourth-order valence-electron chi connectivity index (χ4n) is 2.80. The molecular formula is C29H33N3O3. The van der Waals surface area contributed by atoms with Crippen molar-refractivity contribution in [2.45, 2.75) is 33.8 Å². The number of nitrogens with one attached hydrogen (secondary N) is 2. The molecular weight excluding hydrogens is 438 g/mol. The summed E-state index contributed by atoms with van der Waals surface area (Å²) in [5.74, 6) is 1.40. The van der Waals surface area contributed by atoms with Crippen LogP contribution in [0.4, 0.5) is 11.5 Å². The molecule has 0 atom stereocenters. The Morgan fingerprint density at radius 1 is 0.914 bits per heavy atom. The maximum atomic E-state index is 11.7. The molecule has 2 aromatic carbocycles. The summed E-state index contributed by atoms with van der Waals surface area (Å²) in [5, 5.41) is 5.49. The number of carbonyl (C=O) groups is 2. The minimum absolute atomic E-state index is 0.0430. The molecule has 0 radical (unpaired) electrons. The number of aromatic nitrogens is 1. The van der Waals surface area contributed by atoms with Gasteiger partial charge in [-0.1, -0.05) is 75.5 Å². The van der Waals surface area contributed by atoms with Crippen molar-refractivity contribution < 1.29 is 14.3 Å². The van der Waals surface area contributed by atoms with Gasteiger partial charge in [0.2, 0.25) is 5.91 Å². The van der Waals surface area contributed by atoms with Crippen molar-refractivity contribution in [2.75, 3.05) is 10.6 Å². The predicted molar refractivity (Wildman–Crippen MR) is 142 cm³/mol. The van der Waals surface area contributed by atoms with Crippen molar-refractivity contribution in [3.05, 3.63) is 109 Å². The standard InChI is InChI=1S/C20H23NO2.C9H10N2O/c1-15(2)13-20(22)21-19-11-9-17(10-12-19)14-23-16(3)18-7-5-4-6-8-18;1-7(2)9(12)11-8-5-3-4-6-10-8/h4-12,15H,3,13-14H2,1-2H3,(H,21,22);3-6H,1H2,2H3,(H,10,11,12). The third-order valence-corrected chi connectivity index (χ3v) is 4.63. The van der Waals surface area contributed by atoms with Gasteiger partial charge in [0.05, 0.1) is 0 Å². The van der Waals surface area contributed by atoms with Crippen LogP contribution in [0.15, 0.2) is 97.7 Å². The normalized spacial score (nSPS) is 9.94. The Morgan fingerprint density at radius 2 is 1.57 bits per heavy atom. The number of rotatable bonds is 9. The summed E-state index contributed by atoms with van der Waals surface area (Å²) in [6.45, 7) is 13.6. The predicted octanol–water partition coefficient (Wildman–Crippen LogP) is 6.45. The van der Waals surface area contributed by atoms with Gasteiger partial charge in [0.25, 0.3) is 5.91 Å². The molecule has 0 fully saturated rings. The van der Waals surface area contributed by atoms with Gasteiger partial charge in [0.15, 0.2) is 0 Å². The third kappa shape index (κ3) is 10.5. The fraction of sp³-hybridized carbons (Fsp3) is 0.207. The maximum Gasteiger partial charge on any atom is 0.251 e. The Bertz CT molecular complexity index is 1110. The molecule has 35 heavy (non-hydrogen) atoms. The van der Waals surface area contributed by atoms with Crippen LogP contribution in [0, 0.1) is 5.92 Å². The summed E-state index contributed by atoms with van der Waals surface area (Å²) in [7, 11) is 0. The first-order valence-electron chi connectivity index (χ1n) is 11.4. The number of anilines is 2. The largest absolute Gasteiger partial charge is 0.489 e. The summed E-state index contributed by atoms with van der Waals surface area (Å²) in [5.41, 5.74) is 3.29. The Kier molecular flexibility index (Phi) is 10.9. The van der Waals surface area contributed by atoms with Crippen LogP contribution in [-0.4, -0.2) is 16.8 Å². The van der Waals surface area contributed by atoms with Crippen LogP contribution >= 0.6 is 0 Å². The van der Waals surface area contributed by atoms with Crippen molar-refractivity contribution in [1.29, 1.82) is 0 Å². The topological polar surface area (TPSA) is 80.3 Å².